The predicted molar refractivity (Wildman–Crippen MR) is 81.2 cm³/mol. The molecule has 2 N–H and O–H groups in total. The van der Waals surface area contributed by atoms with Crippen molar-refractivity contribution in [1.82, 2.24) is 5.32 Å². The van der Waals surface area contributed by atoms with Crippen molar-refractivity contribution in [3.8, 4) is 0 Å². The number of hydrogen-bond donors (Lipinski definition) is 2. The smallest absolute Gasteiger partial charge is 0.416 e. The Morgan fingerprint density at radius 3 is 2.42 bits per heavy atom. The van der Waals surface area contributed by atoms with E-state index in [4.69, 9.17) is 4.42 Å². The Bertz CT molecular complexity index is 651. The molecule has 1 aromatic heterocycles. The minimum Gasteiger partial charge on any atom is -0.467 e. The molecule has 0 saturated carbocycles. The summed E-state index contributed by atoms with van der Waals surface area (Å²) in [6, 6.07) is 7.39. The van der Waals surface area contributed by atoms with Gasteiger partial charge in [0.25, 0.3) is 0 Å². The molecule has 0 aliphatic carbocycles. The third-order valence-corrected chi connectivity index (χ3v) is 3.70. The molecule has 1 heterocycles. The largest absolute Gasteiger partial charge is 0.467 e. The van der Waals surface area contributed by atoms with Crippen molar-refractivity contribution in [3.05, 3.63) is 59.5 Å². The highest BCUT2D eigenvalue weighted by Crippen LogP contribution is 2.30. The number of halogens is 3. The van der Waals surface area contributed by atoms with Gasteiger partial charge in [0.1, 0.15) is 11.8 Å². The number of aliphatic hydroxyl groups is 1. The summed E-state index contributed by atoms with van der Waals surface area (Å²) in [6.45, 7) is 1.44. The standard InChI is InChI=1S/C17H18F3NO3/c1-11(12-4-6-13(7-5-12)17(18,19)20)9-16(23)21-14(10-22)15-3-2-8-24-15/h2-8,11,14,22H,9-10H2,1H3,(H,21,23). The average Bonchev–Trinajstić information content (AvgIpc) is 3.06. The van der Waals surface area contributed by atoms with Crippen LogP contribution in [0.3, 0.4) is 0 Å². The molecule has 0 fully saturated rings. The van der Waals surface area contributed by atoms with Crippen molar-refractivity contribution >= 4 is 5.91 Å². The molecule has 2 aromatic rings. The Labute approximate surface area is 137 Å². The van der Waals surface area contributed by atoms with Gasteiger partial charge in [0.05, 0.1) is 18.4 Å². The van der Waals surface area contributed by atoms with E-state index in [9.17, 15) is 23.1 Å². The van der Waals surface area contributed by atoms with Crippen LogP contribution in [0.1, 0.15) is 42.2 Å². The predicted octanol–water partition coefficient (Wildman–Crippen LogP) is 3.64. The second kappa shape index (κ2) is 7.53. The van der Waals surface area contributed by atoms with Gasteiger partial charge in [0, 0.05) is 6.42 Å². The summed E-state index contributed by atoms with van der Waals surface area (Å²) in [5.74, 6) is -0.144. The zero-order valence-corrected chi connectivity index (χ0v) is 13.0. The third kappa shape index (κ3) is 4.61. The molecule has 0 spiro atoms. The lowest BCUT2D eigenvalue weighted by atomic mass is 9.96. The second-order valence-corrected chi connectivity index (χ2v) is 5.54. The quantitative estimate of drug-likeness (QED) is 0.843. The van der Waals surface area contributed by atoms with Gasteiger partial charge in [-0.15, -0.1) is 0 Å². The molecule has 0 radical (unpaired) electrons. The first-order valence-electron chi connectivity index (χ1n) is 7.42. The Hall–Kier alpha value is -2.28. The van der Waals surface area contributed by atoms with Crippen LogP contribution in [0.2, 0.25) is 0 Å². The van der Waals surface area contributed by atoms with E-state index in [1.54, 1.807) is 19.1 Å². The van der Waals surface area contributed by atoms with Gasteiger partial charge in [-0.25, -0.2) is 0 Å². The van der Waals surface area contributed by atoms with Crippen molar-refractivity contribution in [1.29, 1.82) is 0 Å². The summed E-state index contributed by atoms with van der Waals surface area (Å²) in [5, 5.41) is 12.0. The van der Waals surface area contributed by atoms with Gasteiger partial charge < -0.3 is 14.8 Å². The van der Waals surface area contributed by atoms with E-state index in [-0.39, 0.29) is 24.9 Å². The van der Waals surface area contributed by atoms with Crippen LogP contribution in [0, 0.1) is 0 Å². The van der Waals surface area contributed by atoms with Crippen LogP contribution >= 0.6 is 0 Å². The van der Waals surface area contributed by atoms with Crippen molar-refractivity contribution < 1.29 is 27.5 Å². The number of nitrogens with one attached hydrogen (secondary N) is 1. The molecular weight excluding hydrogens is 323 g/mol. The summed E-state index contributed by atoms with van der Waals surface area (Å²) in [7, 11) is 0. The maximum absolute atomic E-state index is 12.6. The molecule has 0 saturated heterocycles. The molecule has 0 aliphatic heterocycles. The van der Waals surface area contributed by atoms with Crippen LogP contribution in [0.15, 0.2) is 47.1 Å². The van der Waals surface area contributed by atoms with E-state index in [1.807, 2.05) is 0 Å². The number of alkyl halides is 3. The molecule has 1 aromatic carbocycles. The number of benzene rings is 1. The third-order valence-electron chi connectivity index (χ3n) is 3.70. The molecular formula is C17H18F3NO3. The molecule has 130 valence electrons. The summed E-state index contributed by atoms with van der Waals surface area (Å²) in [4.78, 5) is 12.1. The number of amides is 1. The van der Waals surface area contributed by atoms with Crippen molar-refractivity contribution in [2.75, 3.05) is 6.61 Å². The topological polar surface area (TPSA) is 62.5 Å². The van der Waals surface area contributed by atoms with E-state index in [1.165, 1.54) is 18.4 Å². The van der Waals surface area contributed by atoms with Crippen LogP contribution in [0.4, 0.5) is 13.2 Å². The maximum Gasteiger partial charge on any atom is 0.416 e. The SMILES string of the molecule is CC(CC(=O)NC(CO)c1ccco1)c1ccc(C(F)(F)F)cc1. The van der Waals surface area contributed by atoms with Gasteiger partial charge in [0.2, 0.25) is 5.91 Å². The molecule has 1 amide bonds. The van der Waals surface area contributed by atoms with E-state index < -0.39 is 17.8 Å². The number of hydrogen-bond acceptors (Lipinski definition) is 3. The average molecular weight is 341 g/mol. The minimum absolute atomic E-state index is 0.0859. The fourth-order valence-corrected chi connectivity index (χ4v) is 2.35. The summed E-state index contributed by atoms with van der Waals surface area (Å²) < 4.78 is 42.8. The number of carbonyl (C=O) groups is 1. The van der Waals surface area contributed by atoms with Gasteiger partial charge in [-0.1, -0.05) is 19.1 Å². The Kier molecular flexibility index (Phi) is 5.66. The molecule has 2 rings (SSSR count). The van der Waals surface area contributed by atoms with Crippen LogP contribution in [-0.4, -0.2) is 17.6 Å². The second-order valence-electron chi connectivity index (χ2n) is 5.54. The number of rotatable bonds is 6. The molecule has 0 bridgehead atoms. The number of aliphatic hydroxyl groups excluding tert-OH is 1. The Balaban J connectivity index is 1.96. The normalized spacial score (nSPS) is 14.2. The van der Waals surface area contributed by atoms with Crippen LogP contribution in [0.25, 0.3) is 0 Å². The molecule has 7 heteroatoms. The highest BCUT2D eigenvalue weighted by atomic mass is 19.4. The van der Waals surface area contributed by atoms with E-state index >= 15 is 0 Å². The summed E-state index contributed by atoms with van der Waals surface area (Å²) >= 11 is 0. The van der Waals surface area contributed by atoms with Gasteiger partial charge in [-0.2, -0.15) is 13.2 Å². The van der Waals surface area contributed by atoms with E-state index in [0.717, 1.165) is 12.1 Å². The summed E-state index contributed by atoms with van der Waals surface area (Å²) in [5.41, 5.74) is -0.0854. The lowest BCUT2D eigenvalue weighted by Crippen LogP contribution is -2.31. The van der Waals surface area contributed by atoms with Gasteiger partial charge in [-0.3, -0.25) is 4.79 Å². The highest BCUT2D eigenvalue weighted by molar-refractivity contribution is 5.77. The van der Waals surface area contributed by atoms with Gasteiger partial charge in [-0.05, 0) is 35.7 Å². The van der Waals surface area contributed by atoms with E-state index in [2.05, 4.69) is 5.32 Å². The first-order valence-corrected chi connectivity index (χ1v) is 7.42. The zero-order valence-electron chi connectivity index (χ0n) is 13.0. The molecule has 2 atom stereocenters. The maximum atomic E-state index is 12.6. The summed E-state index contributed by atoms with van der Waals surface area (Å²) in [6.07, 6.45) is -2.85. The van der Waals surface area contributed by atoms with Gasteiger partial charge in [0.15, 0.2) is 0 Å². The van der Waals surface area contributed by atoms with Crippen LogP contribution < -0.4 is 5.32 Å². The monoisotopic (exact) mass is 341 g/mol. The number of furan rings is 1. The lowest BCUT2D eigenvalue weighted by Gasteiger charge is -2.17. The molecule has 2 unspecified atom stereocenters. The number of carbonyl (C=O) groups excluding carboxylic acids is 1. The van der Waals surface area contributed by atoms with Crippen LogP contribution in [0.5, 0.6) is 0 Å². The molecule has 0 aliphatic rings. The Morgan fingerprint density at radius 2 is 1.92 bits per heavy atom. The first-order chi connectivity index (χ1) is 11.3. The molecule has 24 heavy (non-hydrogen) atoms. The fourth-order valence-electron chi connectivity index (χ4n) is 2.35. The lowest BCUT2D eigenvalue weighted by molar-refractivity contribution is -0.137. The van der Waals surface area contributed by atoms with Crippen molar-refractivity contribution in [2.45, 2.75) is 31.5 Å². The van der Waals surface area contributed by atoms with Crippen molar-refractivity contribution in [3.63, 3.8) is 0 Å². The Morgan fingerprint density at radius 1 is 1.25 bits per heavy atom. The first kappa shape index (κ1) is 18.1. The van der Waals surface area contributed by atoms with Crippen molar-refractivity contribution in [2.24, 2.45) is 0 Å². The highest BCUT2D eigenvalue weighted by Gasteiger charge is 2.30. The molecule has 4 nitrogen and oxygen atoms in total. The zero-order chi connectivity index (χ0) is 17.7. The van der Waals surface area contributed by atoms with Gasteiger partial charge >= 0.3 is 6.18 Å². The van der Waals surface area contributed by atoms with Crippen LogP contribution in [-0.2, 0) is 11.0 Å². The fraction of sp³-hybridized carbons (Fsp3) is 0.353. The minimum atomic E-state index is -4.38. The van der Waals surface area contributed by atoms with E-state index in [0.29, 0.717) is 11.3 Å².